The third kappa shape index (κ3) is 4.01. The van der Waals surface area contributed by atoms with Crippen molar-refractivity contribution in [2.75, 3.05) is 25.2 Å². The minimum Gasteiger partial charge on any atom is -0.497 e. The maximum absolute atomic E-state index is 12.7. The number of carboxylic acids is 1. The van der Waals surface area contributed by atoms with Crippen molar-refractivity contribution in [2.45, 2.75) is 17.4 Å². The Morgan fingerprint density at radius 3 is 2.39 bits per heavy atom. The van der Waals surface area contributed by atoms with E-state index in [1.165, 1.54) is 31.4 Å². The zero-order valence-electron chi connectivity index (χ0n) is 12.4. The lowest BCUT2D eigenvalue weighted by atomic mass is 10.2. The zero-order valence-corrected chi connectivity index (χ0v) is 14.0. The smallest absolute Gasteiger partial charge is 0.318 e. The van der Waals surface area contributed by atoms with Crippen LogP contribution in [0.3, 0.4) is 0 Å². The molecule has 1 aromatic rings. The van der Waals surface area contributed by atoms with Gasteiger partial charge in [0.15, 0.2) is 9.84 Å². The molecule has 0 bridgehead atoms. The third-order valence-electron chi connectivity index (χ3n) is 3.57. The first-order chi connectivity index (χ1) is 10.7. The fraction of sp³-hybridized carbons (Fsp3) is 0.462. The van der Waals surface area contributed by atoms with Crippen molar-refractivity contribution >= 4 is 25.8 Å². The highest BCUT2D eigenvalue weighted by molar-refractivity contribution is 7.92. The topological polar surface area (TPSA) is 118 Å². The van der Waals surface area contributed by atoms with E-state index in [2.05, 4.69) is 0 Å². The van der Waals surface area contributed by atoms with Crippen LogP contribution in [0.5, 0.6) is 5.75 Å². The van der Waals surface area contributed by atoms with E-state index in [1.807, 2.05) is 0 Å². The van der Waals surface area contributed by atoms with Gasteiger partial charge in [-0.3, -0.25) is 4.79 Å². The number of ether oxygens (including phenoxy) is 1. The summed E-state index contributed by atoms with van der Waals surface area (Å²) in [5.74, 6) is -1.40. The summed E-state index contributed by atoms with van der Waals surface area (Å²) < 4.78 is 54.3. The van der Waals surface area contributed by atoms with E-state index in [0.29, 0.717) is 5.75 Å². The number of methoxy groups -OCH3 is 1. The summed E-state index contributed by atoms with van der Waals surface area (Å²) in [5, 5.41) is 8.99. The van der Waals surface area contributed by atoms with E-state index >= 15 is 0 Å². The first kappa shape index (κ1) is 17.7. The van der Waals surface area contributed by atoms with E-state index in [0.717, 1.165) is 4.31 Å². The number of aliphatic carboxylic acids is 1. The van der Waals surface area contributed by atoms with Gasteiger partial charge in [0.1, 0.15) is 12.3 Å². The molecule has 1 atom stereocenters. The lowest BCUT2D eigenvalue weighted by Gasteiger charge is -2.25. The highest BCUT2D eigenvalue weighted by Gasteiger charge is 2.39. The number of carboxylic acid groups (broad SMARTS) is 1. The molecule has 23 heavy (non-hydrogen) atoms. The molecule has 10 heteroatoms. The van der Waals surface area contributed by atoms with Crippen LogP contribution >= 0.6 is 0 Å². The van der Waals surface area contributed by atoms with Gasteiger partial charge in [-0.2, -0.15) is 4.31 Å². The van der Waals surface area contributed by atoms with Crippen LogP contribution in [0.4, 0.5) is 0 Å². The van der Waals surface area contributed by atoms with Crippen molar-refractivity contribution < 1.29 is 31.5 Å². The lowest BCUT2D eigenvalue weighted by molar-refractivity contribution is -0.137. The quantitative estimate of drug-likeness (QED) is 0.753. The summed E-state index contributed by atoms with van der Waals surface area (Å²) in [6, 6.07) is 4.61. The fourth-order valence-corrected chi connectivity index (χ4v) is 5.86. The van der Waals surface area contributed by atoms with Crippen molar-refractivity contribution in [3.63, 3.8) is 0 Å². The zero-order chi connectivity index (χ0) is 17.3. The lowest BCUT2D eigenvalue weighted by Crippen LogP contribution is -2.44. The Hall–Kier alpha value is -1.65. The number of hydrogen-bond acceptors (Lipinski definition) is 6. The Morgan fingerprint density at radius 2 is 1.96 bits per heavy atom. The van der Waals surface area contributed by atoms with E-state index < -0.39 is 38.4 Å². The molecule has 0 unspecified atom stereocenters. The molecule has 2 rings (SSSR count). The number of nitrogens with zero attached hydrogens (tertiary/aromatic N) is 1. The van der Waals surface area contributed by atoms with Gasteiger partial charge in [-0.1, -0.05) is 0 Å². The van der Waals surface area contributed by atoms with Crippen LogP contribution in [0.25, 0.3) is 0 Å². The van der Waals surface area contributed by atoms with Crippen molar-refractivity contribution in [3.8, 4) is 5.75 Å². The van der Waals surface area contributed by atoms with Gasteiger partial charge in [0.25, 0.3) is 0 Å². The minimum atomic E-state index is -4.12. The molecular weight excluding hydrogens is 346 g/mol. The van der Waals surface area contributed by atoms with Crippen LogP contribution in [0.1, 0.15) is 6.42 Å². The van der Waals surface area contributed by atoms with Crippen LogP contribution in [0.15, 0.2) is 29.2 Å². The number of sulfone groups is 1. The SMILES string of the molecule is COc1ccc(S(=O)(=O)N(CC(=O)O)[C@@H]2CCS(=O)(=O)C2)cc1. The van der Waals surface area contributed by atoms with Crippen molar-refractivity contribution in [3.05, 3.63) is 24.3 Å². The average molecular weight is 363 g/mol. The summed E-state index contributed by atoms with van der Waals surface area (Å²) >= 11 is 0. The summed E-state index contributed by atoms with van der Waals surface area (Å²) in [6.45, 7) is -0.783. The number of sulfonamides is 1. The Bertz CT molecular complexity index is 784. The highest BCUT2D eigenvalue weighted by atomic mass is 32.2. The van der Waals surface area contributed by atoms with Crippen molar-refractivity contribution in [2.24, 2.45) is 0 Å². The van der Waals surface area contributed by atoms with Gasteiger partial charge in [0, 0.05) is 6.04 Å². The molecule has 0 radical (unpaired) electrons. The second-order valence-electron chi connectivity index (χ2n) is 5.18. The summed E-state index contributed by atoms with van der Waals surface area (Å²) in [6.07, 6.45) is 0.0883. The molecule has 1 aliphatic heterocycles. The molecular formula is C13H17NO7S2. The number of carbonyl (C=O) groups is 1. The Labute approximate surface area is 134 Å². The van der Waals surface area contributed by atoms with Crippen LogP contribution in [0, 0.1) is 0 Å². The molecule has 0 spiro atoms. The third-order valence-corrected chi connectivity index (χ3v) is 7.24. The van der Waals surface area contributed by atoms with Gasteiger partial charge in [-0.25, -0.2) is 16.8 Å². The standard InChI is InChI=1S/C13H17NO7S2/c1-21-11-2-4-12(5-3-11)23(19,20)14(8-13(15)16)10-6-7-22(17,18)9-10/h2-5,10H,6-9H2,1H3,(H,15,16)/t10-/m1/s1. The van der Waals surface area contributed by atoms with Crippen LogP contribution in [-0.2, 0) is 24.7 Å². The van der Waals surface area contributed by atoms with Gasteiger partial charge in [0.2, 0.25) is 10.0 Å². The van der Waals surface area contributed by atoms with E-state index in [9.17, 15) is 21.6 Å². The molecule has 128 valence electrons. The number of rotatable bonds is 6. The number of hydrogen-bond donors (Lipinski definition) is 1. The molecule has 8 nitrogen and oxygen atoms in total. The Morgan fingerprint density at radius 1 is 1.35 bits per heavy atom. The van der Waals surface area contributed by atoms with Gasteiger partial charge in [-0.05, 0) is 30.7 Å². The van der Waals surface area contributed by atoms with Crippen molar-refractivity contribution in [1.29, 1.82) is 0 Å². The highest BCUT2D eigenvalue weighted by Crippen LogP contribution is 2.26. The minimum absolute atomic E-state index is 0.0883. The van der Waals surface area contributed by atoms with Crippen molar-refractivity contribution in [1.82, 2.24) is 4.31 Å². The first-order valence-corrected chi connectivity index (χ1v) is 10.00. The Balaban J connectivity index is 2.38. The summed E-state index contributed by atoms with van der Waals surface area (Å²) in [4.78, 5) is 10.9. The molecule has 0 aliphatic carbocycles. The van der Waals surface area contributed by atoms with E-state index in [4.69, 9.17) is 9.84 Å². The second-order valence-corrected chi connectivity index (χ2v) is 9.30. The van der Waals surface area contributed by atoms with Gasteiger partial charge in [0.05, 0.1) is 23.5 Å². The summed E-state index contributed by atoms with van der Waals surface area (Å²) in [7, 11) is -6.04. The molecule has 1 heterocycles. The van der Waals surface area contributed by atoms with Gasteiger partial charge >= 0.3 is 5.97 Å². The van der Waals surface area contributed by atoms with Gasteiger partial charge < -0.3 is 9.84 Å². The average Bonchev–Trinajstić information content (AvgIpc) is 2.84. The number of benzene rings is 1. The van der Waals surface area contributed by atoms with Crippen LogP contribution < -0.4 is 4.74 Å². The molecule has 0 aromatic heterocycles. The molecule has 0 amide bonds. The predicted molar refractivity (Wildman–Crippen MR) is 81.6 cm³/mol. The van der Waals surface area contributed by atoms with Crippen LogP contribution in [-0.4, -0.2) is 63.4 Å². The monoisotopic (exact) mass is 363 g/mol. The maximum atomic E-state index is 12.7. The van der Waals surface area contributed by atoms with Gasteiger partial charge in [-0.15, -0.1) is 0 Å². The molecule has 1 fully saturated rings. The molecule has 1 N–H and O–H groups in total. The van der Waals surface area contributed by atoms with Crippen LogP contribution in [0.2, 0.25) is 0 Å². The second kappa shape index (κ2) is 6.46. The Kier molecular flexibility index (Phi) is 4.97. The fourth-order valence-electron chi connectivity index (χ4n) is 2.43. The summed E-state index contributed by atoms with van der Waals surface area (Å²) in [5.41, 5.74) is 0. The molecule has 1 saturated heterocycles. The molecule has 0 saturated carbocycles. The molecule has 1 aromatic carbocycles. The molecule has 1 aliphatic rings. The predicted octanol–water partition coefficient (Wildman–Crippen LogP) is -0.0424. The normalized spacial score (nSPS) is 20.5. The largest absolute Gasteiger partial charge is 0.497 e. The van der Waals surface area contributed by atoms with E-state index in [1.54, 1.807) is 0 Å². The first-order valence-electron chi connectivity index (χ1n) is 6.74. The van der Waals surface area contributed by atoms with E-state index in [-0.39, 0.29) is 22.8 Å². The maximum Gasteiger partial charge on any atom is 0.318 e.